The van der Waals surface area contributed by atoms with Gasteiger partial charge in [0.1, 0.15) is 0 Å². The Balaban J connectivity index is 0.00000129. The first-order valence-corrected chi connectivity index (χ1v) is 11.8. The summed E-state index contributed by atoms with van der Waals surface area (Å²) in [6.07, 6.45) is 8.36. The molecule has 0 N–H and O–H groups in total. The molecule has 0 saturated heterocycles. The number of thiocarbonyl (C=S) groups is 1. The molecule has 0 saturated carbocycles. The van der Waals surface area contributed by atoms with Gasteiger partial charge in [0, 0.05) is 11.4 Å². The maximum absolute atomic E-state index is 7.13. The average Bonchev–Trinajstić information content (AvgIpc) is 3.33. The van der Waals surface area contributed by atoms with Gasteiger partial charge < -0.3 is 10.4 Å². The molecular weight excluding hydrogens is 471 g/mol. The number of hydrogen-bond donors (Lipinski definition) is 0. The summed E-state index contributed by atoms with van der Waals surface area (Å²) in [6, 6.07) is 0. The van der Waals surface area contributed by atoms with E-state index in [0.717, 1.165) is 59.9 Å². The van der Waals surface area contributed by atoms with Crippen LogP contribution in [0.15, 0.2) is 43.7 Å². The van der Waals surface area contributed by atoms with E-state index in [2.05, 4.69) is 79.8 Å². The first-order valence-electron chi connectivity index (χ1n) is 11.4. The van der Waals surface area contributed by atoms with Crippen molar-refractivity contribution in [2.75, 3.05) is 0 Å². The van der Waals surface area contributed by atoms with Gasteiger partial charge in [-0.2, -0.15) is 5.16 Å². The molecule has 2 aliphatic heterocycles. The molecule has 0 spiro atoms. The van der Waals surface area contributed by atoms with Crippen molar-refractivity contribution in [3.63, 3.8) is 0 Å². The van der Waals surface area contributed by atoms with Crippen LogP contribution in [-0.4, -0.2) is 16.6 Å². The molecule has 3 rings (SSSR count). The van der Waals surface area contributed by atoms with Gasteiger partial charge in [-0.05, 0) is 75.7 Å². The van der Waals surface area contributed by atoms with E-state index in [4.69, 9.17) is 20.4 Å². The second-order valence-electron chi connectivity index (χ2n) is 8.01. The van der Waals surface area contributed by atoms with Crippen molar-refractivity contribution in [1.82, 2.24) is 4.98 Å². The Morgan fingerprint density at radius 2 is 1.09 bits per heavy atom. The second-order valence-corrected chi connectivity index (χ2v) is 8.19. The molecule has 1 radical (unpaired) electrons. The van der Waals surface area contributed by atoms with Gasteiger partial charge in [-0.15, -0.1) is 11.4 Å². The van der Waals surface area contributed by atoms with Crippen molar-refractivity contribution < 1.29 is 16.8 Å². The number of rotatable bonds is 6. The fourth-order valence-electron chi connectivity index (χ4n) is 4.70. The van der Waals surface area contributed by atoms with E-state index in [1.165, 1.54) is 38.6 Å². The zero-order valence-corrected chi connectivity index (χ0v) is 22.9. The molecule has 0 unspecified atom stereocenters. The van der Waals surface area contributed by atoms with Crippen LogP contribution in [0.5, 0.6) is 0 Å². The van der Waals surface area contributed by atoms with Gasteiger partial charge in [0.25, 0.3) is 0 Å². The summed E-state index contributed by atoms with van der Waals surface area (Å²) in [5, 5.41) is 8.47. The molecule has 1 aromatic heterocycles. The fraction of sp³-hybridized carbons (Fsp3) is 0.444. The Labute approximate surface area is 214 Å². The smallest absolute Gasteiger partial charge is 0.753 e. The molecule has 33 heavy (non-hydrogen) atoms. The zero-order chi connectivity index (χ0) is 24.0. The summed E-state index contributed by atoms with van der Waals surface area (Å²) in [6.45, 7) is 17.4. The molecule has 0 atom stereocenters. The number of hydrogen-bond acceptors (Lipinski definition) is 3. The summed E-state index contributed by atoms with van der Waals surface area (Å²) in [7, 11) is 0. The third-order valence-corrected chi connectivity index (χ3v) is 6.31. The topological polar surface area (TPSA) is 61.1 Å². The van der Waals surface area contributed by atoms with Gasteiger partial charge in [0.05, 0.1) is 11.4 Å². The standard InChI is InChI=1S/C26H34N3.CNS.Co/c1-9-19-15(5)23(27-17(19)7)13-25-21(11-3)22(12-4)26(29-25)14-24-16(6)20(10-2)18(8)28-24;2-1-3;/h13-14H,9-12H2,1-8H3;;/q2*-1;+2/b23-13-,24-14-;;. The molecule has 2 aliphatic rings. The van der Waals surface area contributed by atoms with Crippen molar-refractivity contribution in [3.05, 3.63) is 61.6 Å². The Kier molecular flexibility index (Phi) is 11.3. The molecule has 0 aromatic carbocycles. The third-order valence-electron chi connectivity index (χ3n) is 6.31. The van der Waals surface area contributed by atoms with E-state index in [1.807, 2.05) is 0 Å². The fourth-order valence-corrected chi connectivity index (χ4v) is 4.70. The van der Waals surface area contributed by atoms with Crippen LogP contribution in [0.25, 0.3) is 17.6 Å². The molecule has 0 bridgehead atoms. The third kappa shape index (κ3) is 6.07. The summed E-state index contributed by atoms with van der Waals surface area (Å²) in [5.41, 5.74) is 14.5. The monoisotopic (exact) mass is 505 g/mol. The first-order chi connectivity index (χ1) is 15.3. The number of aromatic nitrogens is 1. The van der Waals surface area contributed by atoms with E-state index in [9.17, 15) is 0 Å². The molecule has 177 valence electrons. The second kappa shape index (κ2) is 12.9. The van der Waals surface area contributed by atoms with Crippen LogP contribution in [0.4, 0.5) is 0 Å². The van der Waals surface area contributed by atoms with E-state index < -0.39 is 0 Å². The molecule has 3 heterocycles. The van der Waals surface area contributed by atoms with E-state index in [0.29, 0.717) is 0 Å². The molecule has 6 heteroatoms. The van der Waals surface area contributed by atoms with Crippen molar-refractivity contribution in [2.24, 2.45) is 9.98 Å². The quantitative estimate of drug-likeness (QED) is 0.297. The van der Waals surface area contributed by atoms with Crippen molar-refractivity contribution in [1.29, 1.82) is 0 Å². The molecule has 0 amide bonds. The average molecular weight is 506 g/mol. The predicted molar refractivity (Wildman–Crippen MR) is 143 cm³/mol. The molecule has 4 nitrogen and oxygen atoms in total. The summed E-state index contributed by atoms with van der Waals surface area (Å²) in [4.78, 5) is 14.7. The predicted octanol–water partition coefficient (Wildman–Crippen LogP) is 7.51. The number of nitrogens with zero attached hydrogens (tertiary/aromatic N) is 4. The van der Waals surface area contributed by atoms with Gasteiger partial charge in [-0.1, -0.05) is 63.2 Å². The zero-order valence-electron chi connectivity index (χ0n) is 21.0. The minimum absolute atomic E-state index is 0. The van der Waals surface area contributed by atoms with Crippen LogP contribution in [0.2, 0.25) is 0 Å². The summed E-state index contributed by atoms with van der Waals surface area (Å²) >= 11 is 3.70. The first kappa shape index (κ1) is 28.9. The van der Waals surface area contributed by atoms with E-state index in [-0.39, 0.29) is 16.8 Å². The van der Waals surface area contributed by atoms with Gasteiger partial charge in [0.15, 0.2) is 0 Å². The largest absolute Gasteiger partial charge is 2.00 e. The molecule has 0 fully saturated rings. The van der Waals surface area contributed by atoms with E-state index >= 15 is 0 Å². The number of allylic oxidation sites excluding steroid dienone is 4. The van der Waals surface area contributed by atoms with Crippen molar-refractivity contribution in [2.45, 2.75) is 81.1 Å². The Hall–Kier alpha value is -2.11. The van der Waals surface area contributed by atoms with Crippen LogP contribution in [0.3, 0.4) is 0 Å². The van der Waals surface area contributed by atoms with Crippen LogP contribution in [0.1, 0.15) is 90.7 Å². The Morgan fingerprint density at radius 1 is 0.758 bits per heavy atom. The van der Waals surface area contributed by atoms with Crippen LogP contribution < -0.4 is 4.98 Å². The minimum atomic E-state index is 0. The van der Waals surface area contributed by atoms with Gasteiger partial charge in [-0.25, -0.2) is 0 Å². The molecular formula is C27H34CoN4S. The van der Waals surface area contributed by atoms with Gasteiger partial charge >= 0.3 is 16.8 Å². The molecule has 1 aromatic rings. The summed E-state index contributed by atoms with van der Waals surface area (Å²) in [5.74, 6) is 0. The van der Waals surface area contributed by atoms with Crippen LogP contribution in [0, 0.1) is 0 Å². The van der Waals surface area contributed by atoms with Crippen LogP contribution >= 0.6 is 12.2 Å². The van der Waals surface area contributed by atoms with Crippen molar-refractivity contribution in [3.8, 4) is 0 Å². The van der Waals surface area contributed by atoms with Gasteiger partial charge in [0.2, 0.25) is 0 Å². The van der Waals surface area contributed by atoms with Gasteiger partial charge in [-0.3, -0.25) is 9.98 Å². The SMILES string of the molecule is CCC1=C(C)/C(=C/c2[n-]c(/C=C3\N=C(C)C(CC)=C3C)c(CC)c2CC)N=C1C.[Co+2].[N-]=C=S. The van der Waals surface area contributed by atoms with E-state index in [1.54, 1.807) is 0 Å². The minimum Gasteiger partial charge on any atom is -0.753 e. The summed E-state index contributed by atoms with van der Waals surface area (Å²) < 4.78 is 0. The van der Waals surface area contributed by atoms with Crippen molar-refractivity contribution >= 4 is 41.0 Å². The normalized spacial score (nSPS) is 17.7. The maximum atomic E-state index is 7.13. The van der Waals surface area contributed by atoms with Crippen LogP contribution in [-0.2, 0) is 29.6 Å². The molecule has 0 aliphatic carbocycles. The number of aliphatic imine (C=N–C) groups is 2. The Bertz CT molecular complexity index is 1040. The maximum Gasteiger partial charge on any atom is 2.00 e. The Morgan fingerprint density at radius 3 is 1.33 bits per heavy atom. The number of isothiocyanates is 1.